The molecule has 2 N–H and O–H groups in total. The molecule has 5 rings (SSSR count). The Kier molecular flexibility index (Phi) is 4.27. The number of ether oxygens (including phenoxy) is 3. The number of H-pyrrole nitrogens is 1. The summed E-state index contributed by atoms with van der Waals surface area (Å²) in [5, 5.41) is 3.64. The van der Waals surface area contributed by atoms with Crippen LogP contribution in [0.3, 0.4) is 0 Å². The molecule has 30 heavy (non-hydrogen) atoms. The van der Waals surface area contributed by atoms with Gasteiger partial charge in [-0.25, -0.2) is 4.79 Å². The summed E-state index contributed by atoms with van der Waals surface area (Å²) in [4.78, 5) is 30.7. The molecule has 0 saturated heterocycles. The number of methoxy groups -OCH3 is 1. The van der Waals surface area contributed by atoms with Crippen LogP contribution in [0.25, 0.3) is 10.9 Å². The third-order valence-electron chi connectivity index (χ3n) is 5.76. The zero-order valence-electron chi connectivity index (χ0n) is 16.6. The Hall–Kier alpha value is -3.68. The number of carbonyl (C=O) groups excluding carboxylic acids is 2. The number of hydrogen-bond acceptors (Lipinski definition) is 5. The molecule has 0 bridgehead atoms. The van der Waals surface area contributed by atoms with Gasteiger partial charge in [0, 0.05) is 30.2 Å². The van der Waals surface area contributed by atoms with Gasteiger partial charge < -0.3 is 29.4 Å². The van der Waals surface area contributed by atoms with Gasteiger partial charge in [0.2, 0.25) is 6.79 Å². The summed E-state index contributed by atoms with van der Waals surface area (Å²) in [7, 11) is 2.94. The van der Waals surface area contributed by atoms with Crippen molar-refractivity contribution in [2.24, 2.45) is 0 Å². The zero-order valence-corrected chi connectivity index (χ0v) is 16.6. The second-order valence-corrected chi connectivity index (χ2v) is 7.30. The Balaban J connectivity index is 1.74. The summed E-state index contributed by atoms with van der Waals surface area (Å²) in [5.74, 6) is 0.338. The number of esters is 1. The van der Waals surface area contributed by atoms with Gasteiger partial charge in [0.05, 0.1) is 13.2 Å². The first-order chi connectivity index (χ1) is 14.6. The third-order valence-corrected chi connectivity index (χ3v) is 5.76. The van der Waals surface area contributed by atoms with E-state index in [-0.39, 0.29) is 25.3 Å². The number of para-hydroxylation sites is 1. The first kappa shape index (κ1) is 18.4. The van der Waals surface area contributed by atoms with Crippen molar-refractivity contribution in [1.82, 2.24) is 15.2 Å². The van der Waals surface area contributed by atoms with Crippen LogP contribution >= 0.6 is 0 Å². The molecule has 0 radical (unpaired) electrons. The highest BCUT2D eigenvalue weighted by molar-refractivity contribution is 5.93. The van der Waals surface area contributed by atoms with Crippen molar-refractivity contribution in [1.29, 1.82) is 0 Å². The van der Waals surface area contributed by atoms with Gasteiger partial charge in [0.25, 0.3) is 0 Å². The topological polar surface area (TPSA) is 92.9 Å². The zero-order chi connectivity index (χ0) is 20.8. The largest absolute Gasteiger partial charge is 0.468 e. The van der Waals surface area contributed by atoms with Gasteiger partial charge in [-0.3, -0.25) is 4.79 Å². The fourth-order valence-electron chi connectivity index (χ4n) is 4.43. The van der Waals surface area contributed by atoms with Gasteiger partial charge in [-0.05, 0) is 29.3 Å². The molecule has 2 aromatic carbocycles. The Morgan fingerprint density at radius 1 is 1.17 bits per heavy atom. The van der Waals surface area contributed by atoms with Crippen LogP contribution in [-0.4, -0.2) is 49.4 Å². The first-order valence-electron chi connectivity index (χ1n) is 9.68. The maximum absolute atomic E-state index is 12.9. The number of rotatable bonds is 2. The van der Waals surface area contributed by atoms with Crippen LogP contribution in [0.1, 0.15) is 28.8 Å². The van der Waals surface area contributed by atoms with E-state index in [0.717, 1.165) is 27.7 Å². The predicted octanol–water partition coefficient (Wildman–Crippen LogP) is 2.90. The van der Waals surface area contributed by atoms with Gasteiger partial charge in [0.15, 0.2) is 11.5 Å². The van der Waals surface area contributed by atoms with Crippen LogP contribution in [0.4, 0.5) is 4.79 Å². The Morgan fingerprint density at radius 3 is 2.77 bits per heavy atom. The number of urea groups is 1. The highest BCUT2D eigenvalue weighted by Gasteiger charge is 2.42. The van der Waals surface area contributed by atoms with E-state index in [1.165, 1.54) is 7.11 Å². The summed E-state index contributed by atoms with van der Waals surface area (Å²) in [6, 6.07) is 12.7. The molecule has 2 aliphatic rings. The predicted molar refractivity (Wildman–Crippen MR) is 109 cm³/mol. The minimum atomic E-state index is -0.594. The highest BCUT2D eigenvalue weighted by Crippen LogP contribution is 2.45. The number of aromatic nitrogens is 1. The van der Waals surface area contributed by atoms with Gasteiger partial charge in [0.1, 0.15) is 5.92 Å². The number of fused-ring (bicyclic) bond motifs is 4. The molecule has 2 amide bonds. The summed E-state index contributed by atoms with van der Waals surface area (Å²) in [6.07, 6.45) is 0. The van der Waals surface area contributed by atoms with Crippen LogP contribution in [-0.2, 0) is 9.53 Å². The molecule has 154 valence electrons. The Labute approximate surface area is 172 Å². The minimum Gasteiger partial charge on any atom is -0.468 e. The second kappa shape index (κ2) is 6.98. The van der Waals surface area contributed by atoms with Crippen LogP contribution in [0.5, 0.6) is 11.5 Å². The molecular weight excluding hydrogens is 386 g/mol. The maximum atomic E-state index is 12.9. The molecular formula is C22H21N3O5. The van der Waals surface area contributed by atoms with E-state index in [0.29, 0.717) is 11.5 Å². The van der Waals surface area contributed by atoms with E-state index in [4.69, 9.17) is 14.2 Å². The molecule has 0 saturated carbocycles. The van der Waals surface area contributed by atoms with Crippen molar-refractivity contribution in [3.8, 4) is 11.5 Å². The molecule has 8 nitrogen and oxygen atoms in total. The van der Waals surface area contributed by atoms with Gasteiger partial charge in [-0.2, -0.15) is 0 Å². The molecule has 0 fully saturated rings. The van der Waals surface area contributed by atoms with E-state index in [9.17, 15) is 9.59 Å². The lowest BCUT2D eigenvalue weighted by atomic mass is 9.85. The monoisotopic (exact) mass is 407 g/mol. The molecule has 0 aliphatic carbocycles. The van der Waals surface area contributed by atoms with Crippen LogP contribution in [0, 0.1) is 0 Å². The summed E-state index contributed by atoms with van der Waals surface area (Å²) in [5.41, 5.74) is 3.42. The molecule has 3 heterocycles. The van der Waals surface area contributed by atoms with Crippen molar-refractivity contribution in [2.75, 3.05) is 27.5 Å². The van der Waals surface area contributed by atoms with Gasteiger partial charge in [-0.15, -0.1) is 0 Å². The normalized spacial score (nSPS) is 19.5. The van der Waals surface area contributed by atoms with Crippen LogP contribution in [0.15, 0.2) is 42.5 Å². The molecule has 3 aromatic rings. The fourth-order valence-corrected chi connectivity index (χ4v) is 4.43. The average molecular weight is 407 g/mol. The number of hydrogen-bond donors (Lipinski definition) is 2. The lowest BCUT2D eigenvalue weighted by Gasteiger charge is -2.38. The molecule has 2 aliphatic heterocycles. The van der Waals surface area contributed by atoms with E-state index in [2.05, 4.69) is 10.3 Å². The number of amides is 2. The molecule has 8 heteroatoms. The summed E-state index contributed by atoms with van der Waals surface area (Å²) in [6.45, 7) is 0.366. The summed E-state index contributed by atoms with van der Waals surface area (Å²) >= 11 is 0. The van der Waals surface area contributed by atoms with Crippen molar-refractivity contribution < 1.29 is 23.8 Å². The number of benzene rings is 2. The highest BCUT2D eigenvalue weighted by atomic mass is 16.7. The molecule has 1 aromatic heterocycles. The van der Waals surface area contributed by atoms with Crippen molar-refractivity contribution >= 4 is 22.9 Å². The van der Waals surface area contributed by atoms with E-state index in [1.807, 2.05) is 42.5 Å². The smallest absolute Gasteiger partial charge is 0.318 e. The average Bonchev–Trinajstić information content (AvgIpc) is 3.40. The molecule has 2 unspecified atom stereocenters. The van der Waals surface area contributed by atoms with Crippen LogP contribution < -0.4 is 14.8 Å². The second-order valence-electron chi connectivity index (χ2n) is 7.30. The van der Waals surface area contributed by atoms with E-state index >= 15 is 0 Å². The first-order valence-corrected chi connectivity index (χ1v) is 9.68. The van der Waals surface area contributed by atoms with Crippen molar-refractivity contribution in [3.63, 3.8) is 0 Å². The Bertz CT molecular complexity index is 1150. The fraction of sp³-hybridized carbons (Fsp3) is 0.273. The van der Waals surface area contributed by atoms with E-state index < -0.39 is 12.0 Å². The molecule has 0 spiro atoms. The maximum Gasteiger partial charge on any atom is 0.318 e. The summed E-state index contributed by atoms with van der Waals surface area (Å²) < 4.78 is 16.1. The molecule has 2 atom stereocenters. The SMILES string of the molecule is CNC(=O)N1CC(C(=O)OC)c2c([nH]c3ccccc23)C1c1ccc2c(c1)OCO2. The van der Waals surface area contributed by atoms with Crippen LogP contribution in [0.2, 0.25) is 0 Å². The number of aromatic amines is 1. The Morgan fingerprint density at radius 2 is 1.97 bits per heavy atom. The lowest BCUT2D eigenvalue weighted by Crippen LogP contribution is -2.47. The number of nitrogens with zero attached hydrogens (tertiary/aromatic N) is 1. The van der Waals surface area contributed by atoms with E-state index in [1.54, 1.807) is 11.9 Å². The number of carbonyl (C=O) groups is 2. The quantitative estimate of drug-likeness (QED) is 0.638. The minimum absolute atomic E-state index is 0.171. The third kappa shape index (κ3) is 2.67. The van der Waals surface area contributed by atoms with Crippen molar-refractivity contribution in [3.05, 3.63) is 59.3 Å². The lowest BCUT2D eigenvalue weighted by molar-refractivity contribution is -0.143. The van der Waals surface area contributed by atoms with Gasteiger partial charge in [-0.1, -0.05) is 24.3 Å². The standard InChI is InChI=1S/C22H21N3O5/c1-23-22(27)25-10-14(21(26)28-2)18-13-5-3-4-6-15(13)24-19(18)20(25)12-7-8-16-17(9-12)30-11-29-16/h3-9,14,20,24H,10-11H2,1-2H3,(H,23,27). The van der Waals surface area contributed by atoms with Crippen molar-refractivity contribution in [2.45, 2.75) is 12.0 Å². The van der Waals surface area contributed by atoms with Gasteiger partial charge >= 0.3 is 12.0 Å². The number of nitrogens with one attached hydrogen (secondary N) is 2.